The van der Waals surface area contributed by atoms with Crippen LogP contribution in [0.5, 0.6) is 5.75 Å². The SMILES string of the molecule is COc1ccccc1/C=C/C(=O)OCC(=O)Nc1ccc(Br)cc1C. The number of nitrogens with one attached hydrogen (secondary N) is 1. The Labute approximate surface area is 154 Å². The Morgan fingerprint density at radius 3 is 2.68 bits per heavy atom. The predicted octanol–water partition coefficient (Wildman–Crippen LogP) is 3.96. The number of halogens is 1. The summed E-state index contributed by atoms with van der Waals surface area (Å²) in [4.78, 5) is 23.6. The number of para-hydroxylation sites is 1. The van der Waals surface area contributed by atoms with Gasteiger partial charge in [0.1, 0.15) is 5.75 Å². The number of rotatable bonds is 6. The van der Waals surface area contributed by atoms with E-state index >= 15 is 0 Å². The van der Waals surface area contributed by atoms with Crippen LogP contribution in [0.2, 0.25) is 0 Å². The van der Waals surface area contributed by atoms with Crippen molar-refractivity contribution in [2.45, 2.75) is 6.92 Å². The van der Waals surface area contributed by atoms with Crippen molar-refractivity contribution < 1.29 is 19.1 Å². The van der Waals surface area contributed by atoms with Crippen LogP contribution >= 0.6 is 15.9 Å². The van der Waals surface area contributed by atoms with Gasteiger partial charge in [-0.3, -0.25) is 4.79 Å². The maximum atomic E-state index is 11.9. The summed E-state index contributed by atoms with van der Waals surface area (Å²) in [5, 5.41) is 2.70. The fourth-order valence-electron chi connectivity index (χ4n) is 2.10. The predicted molar refractivity (Wildman–Crippen MR) is 100 cm³/mol. The number of hydrogen-bond acceptors (Lipinski definition) is 4. The molecule has 0 aromatic heterocycles. The molecular formula is C19H18BrNO4. The maximum Gasteiger partial charge on any atom is 0.331 e. The van der Waals surface area contributed by atoms with Gasteiger partial charge in [-0.1, -0.05) is 34.1 Å². The second-order valence-electron chi connectivity index (χ2n) is 5.19. The van der Waals surface area contributed by atoms with Crippen LogP contribution in [-0.4, -0.2) is 25.6 Å². The van der Waals surface area contributed by atoms with Crippen molar-refractivity contribution in [1.29, 1.82) is 0 Å². The molecule has 0 aliphatic heterocycles. The Morgan fingerprint density at radius 1 is 1.20 bits per heavy atom. The van der Waals surface area contributed by atoms with Gasteiger partial charge in [0.15, 0.2) is 6.61 Å². The molecule has 1 N–H and O–H groups in total. The summed E-state index contributed by atoms with van der Waals surface area (Å²) in [5.41, 5.74) is 2.33. The van der Waals surface area contributed by atoms with Gasteiger partial charge in [0.05, 0.1) is 7.11 Å². The number of methoxy groups -OCH3 is 1. The molecule has 5 nitrogen and oxygen atoms in total. The number of amides is 1. The third-order valence-corrected chi connectivity index (χ3v) is 3.84. The molecule has 25 heavy (non-hydrogen) atoms. The monoisotopic (exact) mass is 403 g/mol. The molecule has 0 spiro atoms. The smallest absolute Gasteiger partial charge is 0.331 e. The number of benzene rings is 2. The summed E-state index contributed by atoms with van der Waals surface area (Å²) in [7, 11) is 1.56. The third-order valence-electron chi connectivity index (χ3n) is 3.35. The molecule has 2 aromatic carbocycles. The lowest BCUT2D eigenvalue weighted by Crippen LogP contribution is -2.20. The molecule has 2 rings (SSSR count). The van der Waals surface area contributed by atoms with Crippen LogP contribution in [0.15, 0.2) is 53.0 Å². The van der Waals surface area contributed by atoms with Gasteiger partial charge >= 0.3 is 5.97 Å². The summed E-state index contributed by atoms with van der Waals surface area (Å²) >= 11 is 3.36. The molecule has 130 valence electrons. The summed E-state index contributed by atoms with van der Waals surface area (Å²) in [6, 6.07) is 12.8. The minimum absolute atomic E-state index is 0.357. The first-order valence-corrected chi connectivity index (χ1v) is 8.33. The van der Waals surface area contributed by atoms with E-state index in [2.05, 4.69) is 21.2 Å². The molecule has 0 fully saturated rings. The van der Waals surface area contributed by atoms with E-state index in [4.69, 9.17) is 9.47 Å². The Balaban J connectivity index is 1.87. The average molecular weight is 404 g/mol. The lowest BCUT2D eigenvalue weighted by Gasteiger charge is -2.08. The Bertz CT molecular complexity index is 802. The number of anilines is 1. The zero-order valence-corrected chi connectivity index (χ0v) is 15.5. The fraction of sp³-hybridized carbons (Fsp3) is 0.158. The van der Waals surface area contributed by atoms with Crippen LogP contribution < -0.4 is 10.1 Å². The first-order valence-electron chi connectivity index (χ1n) is 7.53. The molecular weight excluding hydrogens is 386 g/mol. The first kappa shape index (κ1) is 18.7. The van der Waals surface area contributed by atoms with Crippen molar-refractivity contribution >= 4 is 39.6 Å². The maximum absolute atomic E-state index is 11.9. The summed E-state index contributed by atoms with van der Waals surface area (Å²) in [5.74, 6) is -0.354. The highest BCUT2D eigenvalue weighted by Crippen LogP contribution is 2.20. The van der Waals surface area contributed by atoms with Crippen molar-refractivity contribution in [1.82, 2.24) is 0 Å². The van der Waals surface area contributed by atoms with E-state index < -0.39 is 11.9 Å². The van der Waals surface area contributed by atoms with Gasteiger partial charge < -0.3 is 14.8 Å². The van der Waals surface area contributed by atoms with Crippen molar-refractivity contribution in [2.24, 2.45) is 0 Å². The minimum Gasteiger partial charge on any atom is -0.496 e. The number of ether oxygens (including phenoxy) is 2. The standard InChI is InChI=1S/C19H18BrNO4/c1-13-11-15(20)8-9-16(13)21-18(22)12-25-19(23)10-7-14-5-3-4-6-17(14)24-2/h3-11H,12H2,1-2H3,(H,21,22)/b10-7+. The van der Waals surface area contributed by atoms with Crippen molar-refractivity contribution in [2.75, 3.05) is 19.0 Å². The highest BCUT2D eigenvalue weighted by molar-refractivity contribution is 9.10. The van der Waals surface area contributed by atoms with Gasteiger partial charge in [-0.15, -0.1) is 0 Å². The second kappa shape index (κ2) is 9.03. The fourth-order valence-corrected chi connectivity index (χ4v) is 2.58. The van der Waals surface area contributed by atoms with Gasteiger partial charge in [-0.05, 0) is 42.8 Å². The van der Waals surface area contributed by atoms with E-state index in [0.717, 1.165) is 15.6 Å². The van der Waals surface area contributed by atoms with E-state index in [1.807, 2.05) is 37.3 Å². The van der Waals surface area contributed by atoms with Crippen molar-refractivity contribution in [3.8, 4) is 5.75 Å². The number of carbonyl (C=O) groups is 2. The molecule has 0 aliphatic rings. The Hall–Kier alpha value is -2.60. The Morgan fingerprint density at radius 2 is 1.96 bits per heavy atom. The molecule has 0 heterocycles. The van der Waals surface area contributed by atoms with E-state index in [0.29, 0.717) is 11.4 Å². The number of esters is 1. The van der Waals surface area contributed by atoms with E-state index in [9.17, 15) is 9.59 Å². The molecule has 0 saturated heterocycles. The molecule has 1 amide bonds. The van der Waals surface area contributed by atoms with Crippen LogP contribution in [-0.2, 0) is 14.3 Å². The third kappa shape index (κ3) is 5.76. The highest BCUT2D eigenvalue weighted by atomic mass is 79.9. The molecule has 0 bridgehead atoms. The normalized spacial score (nSPS) is 10.5. The molecule has 0 radical (unpaired) electrons. The molecule has 0 unspecified atom stereocenters. The average Bonchev–Trinajstić information content (AvgIpc) is 2.60. The molecule has 6 heteroatoms. The van der Waals surface area contributed by atoms with Crippen molar-refractivity contribution in [3.63, 3.8) is 0 Å². The Kier molecular flexibility index (Phi) is 6.77. The molecule has 0 saturated carbocycles. The van der Waals surface area contributed by atoms with E-state index in [-0.39, 0.29) is 6.61 Å². The van der Waals surface area contributed by atoms with Crippen LogP contribution in [0, 0.1) is 6.92 Å². The number of carbonyl (C=O) groups excluding carboxylic acids is 2. The topological polar surface area (TPSA) is 64.6 Å². The quantitative estimate of drug-likeness (QED) is 0.585. The summed E-state index contributed by atoms with van der Waals surface area (Å²) < 4.78 is 11.1. The zero-order chi connectivity index (χ0) is 18.2. The van der Waals surface area contributed by atoms with Crippen molar-refractivity contribution in [3.05, 3.63) is 64.1 Å². The second-order valence-corrected chi connectivity index (χ2v) is 6.11. The van der Waals surface area contributed by atoms with Gasteiger partial charge in [-0.2, -0.15) is 0 Å². The number of aryl methyl sites for hydroxylation is 1. The summed E-state index contributed by atoms with van der Waals surface area (Å²) in [6.07, 6.45) is 2.84. The lowest BCUT2D eigenvalue weighted by molar-refractivity contribution is -0.142. The van der Waals surface area contributed by atoms with Gasteiger partial charge in [-0.25, -0.2) is 4.79 Å². The number of hydrogen-bond donors (Lipinski definition) is 1. The largest absolute Gasteiger partial charge is 0.496 e. The first-order chi connectivity index (χ1) is 12.0. The lowest BCUT2D eigenvalue weighted by atomic mass is 10.2. The van der Waals surface area contributed by atoms with E-state index in [1.54, 1.807) is 25.3 Å². The van der Waals surface area contributed by atoms with Gasteiger partial charge in [0, 0.05) is 21.8 Å². The van der Waals surface area contributed by atoms with E-state index in [1.165, 1.54) is 6.08 Å². The van der Waals surface area contributed by atoms with Crippen LogP contribution in [0.1, 0.15) is 11.1 Å². The van der Waals surface area contributed by atoms with Crippen LogP contribution in [0.25, 0.3) is 6.08 Å². The van der Waals surface area contributed by atoms with Crippen LogP contribution in [0.3, 0.4) is 0 Å². The molecule has 0 aliphatic carbocycles. The highest BCUT2D eigenvalue weighted by Gasteiger charge is 2.08. The van der Waals surface area contributed by atoms with Gasteiger partial charge in [0.2, 0.25) is 0 Å². The van der Waals surface area contributed by atoms with Crippen LogP contribution in [0.4, 0.5) is 5.69 Å². The summed E-state index contributed by atoms with van der Waals surface area (Å²) in [6.45, 7) is 1.52. The zero-order valence-electron chi connectivity index (χ0n) is 13.9. The minimum atomic E-state index is -0.603. The molecule has 2 aromatic rings. The van der Waals surface area contributed by atoms with Gasteiger partial charge in [0.25, 0.3) is 5.91 Å². The molecule has 0 atom stereocenters.